The molecule has 55 heavy (non-hydrogen) atoms. The van der Waals surface area contributed by atoms with Crippen molar-refractivity contribution < 1.29 is 0 Å². The van der Waals surface area contributed by atoms with Crippen molar-refractivity contribution in [1.82, 2.24) is 4.48 Å². The fourth-order valence-corrected chi connectivity index (χ4v) is 10.4. The summed E-state index contributed by atoms with van der Waals surface area (Å²) in [5.41, 5.74) is 18.4. The third-order valence-electron chi connectivity index (χ3n) is 12.5. The van der Waals surface area contributed by atoms with Gasteiger partial charge in [0.2, 0.25) is 0 Å². The second-order valence-electron chi connectivity index (χ2n) is 15.0. The van der Waals surface area contributed by atoms with E-state index in [1.165, 1.54) is 89.4 Å². The van der Waals surface area contributed by atoms with Crippen molar-refractivity contribution in [3.05, 3.63) is 235 Å². The summed E-state index contributed by atoms with van der Waals surface area (Å²) in [5.74, 6) is 0. The number of fused-ring (bicyclic) bond motifs is 13. The van der Waals surface area contributed by atoms with Gasteiger partial charge in [0, 0.05) is 30.0 Å². The van der Waals surface area contributed by atoms with Crippen LogP contribution in [0.3, 0.4) is 0 Å². The maximum atomic E-state index is 2.50. The Morgan fingerprint density at radius 3 is 1.45 bits per heavy atom. The van der Waals surface area contributed by atoms with Crippen LogP contribution in [0.1, 0.15) is 22.3 Å². The highest BCUT2D eigenvalue weighted by Crippen LogP contribution is 2.69. The largest absolute Gasteiger partial charge is 0.310 e. The monoisotopic (exact) mass is 699 g/mol. The zero-order valence-corrected chi connectivity index (χ0v) is 30.1. The van der Waals surface area contributed by atoms with Gasteiger partial charge in [-0.2, -0.15) is 4.48 Å². The summed E-state index contributed by atoms with van der Waals surface area (Å²) in [6.45, 7) is 0. The Bertz CT molecular complexity index is 2920. The van der Waals surface area contributed by atoms with Crippen LogP contribution in [0.25, 0.3) is 33.0 Å². The van der Waals surface area contributed by atoms with E-state index >= 15 is 0 Å². The molecule has 12 rings (SSSR count). The maximum Gasteiger partial charge on any atom is 0.156 e. The van der Waals surface area contributed by atoms with E-state index in [1.807, 2.05) is 0 Å². The minimum atomic E-state index is -0.545. The molecular weight excluding hydrogens is 665 g/mol. The summed E-state index contributed by atoms with van der Waals surface area (Å²) >= 11 is 0. The normalized spacial score (nSPS) is 14.8. The Kier molecular flexibility index (Phi) is 6.23. The van der Waals surface area contributed by atoms with Crippen LogP contribution in [-0.4, -0.2) is 0 Å². The van der Waals surface area contributed by atoms with E-state index in [-0.39, 0.29) is 0 Å². The van der Waals surface area contributed by atoms with Gasteiger partial charge in [-0.3, -0.25) is 0 Å². The Balaban J connectivity index is 1.13. The molecule has 2 heteroatoms. The minimum Gasteiger partial charge on any atom is -0.310 e. The average Bonchev–Trinajstić information content (AvgIpc) is 3.73. The van der Waals surface area contributed by atoms with Crippen molar-refractivity contribution >= 4 is 50.6 Å². The van der Waals surface area contributed by atoms with Gasteiger partial charge in [0.05, 0.1) is 39.0 Å². The third-order valence-corrected chi connectivity index (χ3v) is 12.5. The van der Waals surface area contributed by atoms with Crippen LogP contribution >= 0.6 is 0 Å². The van der Waals surface area contributed by atoms with Crippen molar-refractivity contribution in [2.45, 2.75) is 5.41 Å². The molecule has 9 aromatic carbocycles. The van der Waals surface area contributed by atoms with Crippen molar-refractivity contribution in [3.8, 4) is 22.3 Å². The van der Waals surface area contributed by atoms with Crippen molar-refractivity contribution in [2.24, 2.45) is 0 Å². The fraction of sp³-hybridized carbons (Fsp3) is 0.0189. The molecule has 0 saturated heterocycles. The van der Waals surface area contributed by atoms with E-state index < -0.39 is 5.41 Å². The zero-order valence-electron chi connectivity index (χ0n) is 30.1. The van der Waals surface area contributed by atoms with Crippen molar-refractivity contribution in [3.63, 3.8) is 0 Å². The molecule has 0 radical (unpaired) electrons. The first-order valence-corrected chi connectivity index (χ1v) is 19.2. The number of para-hydroxylation sites is 5. The van der Waals surface area contributed by atoms with Crippen LogP contribution in [0, 0.1) is 0 Å². The second kappa shape index (κ2) is 11.3. The molecule has 3 aliphatic heterocycles. The molecule has 0 amide bonds. The molecule has 0 fully saturated rings. The molecule has 0 N–H and O–H groups in total. The SMILES string of the molecule is c1ccc(C2(c3ccc4ccccc4c3)c3ccccc3N(c3ccc4c(c3)-c3ccccc3[N+]43c4ccccc4-c4ccccc43)c3ccccc32)cc1. The van der Waals surface area contributed by atoms with Gasteiger partial charge < -0.3 is 4.90 Å². The first-order valence-electron chi connectivity index (χ1n) is 19.2. The van der Waals surface area contributed by atoms with Gasteiger partial charge in [0.25, 0.3) is 0 Å². The van der Waals surface area contributed by atoms with Gasteiger partial charge in [-0.1, -0.05) is 140 Å². The van der Waals surface area contributed by atoms with Crippen LogP contribution in [0.2, 0.25) is 0 Å². The lowest BCUT2D eigenvalue weighted by Crippen LogP contribution is -2.37. The third kappa shape index (κ3) is 3.86. The maximum absolute atomic E-state index is 2.50. The van der Waals surface area contributed by atoms with Crippen LogP contribution in [-0.2, 0) is 5.41 Å². The summed E-state index contributed by atoms with van der Waals surface area (Å²) in [5, 5.41) is 2.49. The molecule has 256 valence electrons. The summed E-state index contributed by atoms with van der Waals surface area (Å²) in [6.07, 6.45) is 0. The first-order chi connectivity index (χ1) is 27.3. The summed E-state index contributed by atoms with van der Waals surface area (Å²) in [4.78, 5) is 2.50. The molecule has 3 aliphatic rings. The molecular formula is C53H35N2+. The molecule has 1 spiro atoms. The minimum absolute atomic E-state index is 0.545. The molecule has 3 heterocycles. The van der Waals surface area contributed by atoms with Crippen molar-refractivity contribution in [1.29, 1.82) is 0 Å². The highest BCUT2D eigenvalue weighted by molar-refractivity contribution is 6.11. The van der Waals surface area contributed by atoms with Gasteiger partial charge in [-0.25, -0.2) is 0 Å². The quantitative estimate of drug-likeness (QED) is 0.166. The van der Waals surface area contributed by atoms with Crippen LogP contribution < -0.4 is 9.38 Å². The number of anilines is 3. The Morgan fingerprint density at radius 1 is 0.327 bits per heavy atom. The molecule has 0 bridgehead atoms. The molecule has 0 atom stereocenters. The molecule has 0 saturated carbocycles. The molecule has 9 aromatic rings. The molecule has 0 aromatic heterocycles. The van der Waals surface area contributed by atoms with E-state index in [2.05, 4.69) is 217 Å². The number of quaternary nitrogens is 1. The second-order valence-corrected chi connectivity index (χ2v) is 15.0. The number of hydrogen-bond acceptors (Lipinski definition) is 1. The Labute approximate surface area is 321 Å². The van der Waals surface area contributed by atoms with E-state index in [0.717, 1.165) is 5.69 Å². The number of benzene rings is 9. The summed E-state index contributed by atoms with van der Waals surface area (Å²) in [6, 6.07) is 79.1. The first kappa shape index (κ1) is 30.5. The highest BCUT2D eigenvalue weighted by Gasteiger charge is 2.54. The summed E-state index contributed by atoms with van der Waals surface area (Å²) in [7, 11) is 0. The van der Waals surface area contributed by atoms with Gasteiger partial charge in [-0.05, 0) is 81.6 Å². The number of hydrogen-bond donors (Lipinski definition) is 0. The van der Waals surface area contributed by atoms with E-state index in [9.17, 15) is 0 Å². The summed E-state index contributed by atoms with van der Waals surface area (Å²) < 4.78 is 0.602. The van der Waals surface area contributed by atoms with Crippen LogP contribution in [0.5, 0.6) is 0 Å². The van der Waals surface area contributed by atoms with Crippen molar-refractivity contribution in [2.75, 3.05) is 4.90 Å². The predicted octanol–water partition coefficient (Wildman–Crippen LogP) is 14.3. The lowest BCUT2D eigenvalue weighted by molar-refractivity contribution is 0.732. The van der Waals surface area contributed by atoms with E-state index in [1.54, 1.807) is 0 Å². The number of nitrogens with zero attached hydrogens (tertiary/aromatic N) is 2. The predicted molar refractivity (Wildman–Crippen MR) is 229 cm³/mol. The lowest BCUT2D eigenvalue weighted by atomic mass is 9.62. The van der Waals surface area contributed by atoms with Crippen LogP contribution in [0.15, 0.2) is 212 Å². The topological polar surface area (TPSA) is 3.24 Å². The van der Waals surface area contributed by atoms with Gasteiger partial charge in [0.15, 0.2) is 22.7 Å². The standard InChI is InChI=1S/C53H35N2/c1-2-18-38(19-3-1)53(39-31-30-36-16-4-5-17-37(36)34-39)45-23-9-11-25-47(45)54(48-26-12-10-24-46(48)53)40-32-33-52-44(35-40)43-22-8-15-29-51(43)55(52)49-27-13-6-20-41(49)42-21-7-14-28-50(42)55/h1-35H/q+1. The van der Waals surface area contributed by atoms with Gasteiger partial charge in [0.1, 0.15) is 0 Å². The van der Waals surface area contributed by atoms with Gasteiger partial charge >= 0.3 is 0 Å². The van der Waals surface area contributed by atoms with E-state index in [0.29, 0.717) is 4.48 Å². The van der Waals surface area contributed by atoms with Gasteiger partial charge in [-0.15, -0.1) is 0 Å². The Hall–Kier alpha value is -7.00. The molecule has 0 unspecified atom stereocenters. The lowest BCUT2D eigenvalue weighted by Gasteiger charge is -2.46. The molecule has 0 aliphatic carbocycles. The zero-order chi connectivity index (χ0) is 36.1. The number of rotatable bonds is 3. The van der Waals surface area contributed by atoms with Crippen LogP contribution in [0.4, 0.5) is 39.8 Å². The Morgan fingerprint density at radius 2 is 0.818 bits per heavy atom. The molecule has 2 nitrogen and oxygen atoms in total. The smallest absolute Gasteiger partial charge is 0.156 e. The fourth-order valence-electron chi connectivity index (χ4n) is 10.4. The van der Waals surface area contributed by atoms with E-state index in [4.69, 9.17) is 0 Å². The highest BCUT2D eigenvalue weighted by atomic mass is 15.4. The average molecular weight is 700 g/mol.